The lowest BCUT2D eigenvalue weighted by molar-refractivity contribution is -0.272. The lowest BCUT2D eigenvalue weighted by Gasteiger charge is -2.45. The molecule has 8 atom stereocenters. The summed E-state index contributed by atoms with van der Waals surface area (Å²) in [6, 6.07) is 22.0. The third-order valence-corrected chi connectivity index (χ3v) is 21.6. The van der Waals surface area contributed by atoms with Gasteiger partial charge in [-0.3, -0.25) is 23.7 Å². The van der Waals surface area contributed by atoms with E-state index in [4.69, 9.17) is 126 Å². The number of unbranched alkanes of at least 4 members (excludes halogenated alkanes) is 26. The normalized spacial score (nSPS) is 16.9. The van der Waals surface area contributed by atoms with Crippen LogP contribution in [0.5, 0.6) is 11.5 Å². The average Bonchev–Trinajstić information content (AvgIpc) is 0.773. The van der Waals surface area contributed by atoms with E-state index in [0.29, 0.717) is 32.1 Å². The van der Waals surface area contributed by atoms with Crippen LogP contribution in [0.4, 0.5) is 9.59 Å². The second-order valence-corrected chi connectivity index (χ2v) is 35.1. The fraction of sp³-hybridized carbons (Fsp3) is 0.707. The van der Waals surface area contributed by atoms with E-state index in [9.17, 15) is 24.0 Å². The molecule has 1 fully saturated rings. The van der Waals surface area contributed by atoms with Gasteiger partial charge < -0.3 is 62.3 Å². The van der Waals surface area contributed by atoms with Gasteiger partial charge in [0.25, 0.3) is 0 Å². The summed E-state index contributed by atoms with van der Waals surface area (Å²) in [6.07, 6.45) is 17.6. The topological polar surface area (TPSA) is 254 Å². The van der Waals surface area contributed by atoms with Crippen molar-refractivity contribution in [3.63, 3.8) is 0 Å². The van der Waals surface area contributed by atoms with Gasteiger partial charge in [0.15, 0.2) is 18.0 Å². The monoisotopic (exact) mass is 1680 g/mol. The van der Waals surface area contributed by atoms with Crippen LogP contribution in [0.1, 0.15) is 278 Å². The molecule has 1 aliphatic heterocycles. The minimum absolute atomic E-state index is 0.0284. The van der Waals surface area contributed by atoms with Gasteiger partial charge in [-0.25, -0.2) is 14.2 Å². The van der Waals surface area contributed by atoms with E-state index >= 15 is 9.36 Å². The van der Waals surface area contributed by atoms with Gasteiger partial charge in [-0.2, -0.15) is 0 Å². The van der Waals surface area contributed by atoms with E-state index in [0.717, 1.165) is 147 Å². The van der Waals surface area contributed by atoms with Crippen molar-refractivity contribution in [2.75, 3.05) is 26.4 Å². The molecule has 2 amide bonds. The molecule has 4 rings (SSSR count). The molecule has 110 heavy (non-hydrogen) atoms. The zero-order valence-electron chi connectivity index (χ0n) is 65.7. The van der Waals surface area contributed by atoms with Crippen LogP contribution < -0.4 is 19.7 Å². The van der Waals surface area contributed by atoms with E-state index in [1.54, 1.807) is 36.4 Å². The highest BCUT2D eigenvalue weighted by Gasteiger charge is 2.55. The number of hydrogen-bond acceptors (Lipinski definition) is 19. The molecule has 0 aliphatic carbocycles. The SMILES string of the molecule is CCCCCCCCCCC[C@H](CC(=O)N[C@@H](COCc1ccccc1)CO[C@@H]1O[C@H](COC(=O)OC(C)(C)C(Cl)(Cl)Cl)[C@@H](OP(=O)(Oc2ccccc2)Oc2ccccc2)[C@H](OC(=O)C[C@@H](CCCCCCCCCCC)OC(=O)CCCCCCCC)[C@H]1NC(=O)OCC(Cl)(Cl)Cl)OC(=O)CCCCCCCC. The summed E-state index contributed by atoms with van der Waals surface area (Å²) in [5, 5.41) is 5.67. The lowest BCUT2D eigenvalue weighted by atomic mass is 9.96. The van der Waals surface area contributed by atoms with E-state index < -0.39 is 132 Å². The fourth-order valence-electron chi connectivity index (χ4n) is 12.3. The number of para-hydroxylation sites is 2. The van der Waals surface area contributed by atoms with Crippen molar-refractivity contribution in [1.29, 1.82) is 0 Å². The maximum Gasteiger partial charge on any atom is 0.588 e. The number of hydrogen-bond donors (Lipinski definition) is 2. The number of carbonyl (C=O) groups is 6. The van der Waals surface area contributed by atoms with Crippen LogP contribution in [0.15, 0.2) is 91.0 Å². The number of nitrogens with one attached hydrogen (secondary N) is 2. The Morgan fingerprint density at radius 2 is 0.955 bits per heavy atom. The smallest absolute Gasteiger partial charge is 0.462 e. The van der Waals surface area contributed by atoms with Gasteiger partial charge in [-0.1, -0.05) is 331 Å². The molecule has 3 aromatic rings. The van der Waals surface area contributed by atoms with Gasteiger partial charge in [0.1, 0.15) is 55.2 Å². The first kappa shape index (κ1) is 97.9. The van der Waals surface area contributed by atoms with Crippen LogP contribution >= 0.6 is 77.4 Å². The van der Waals surface area contributed by atoms with Gasteiger partial charge >= 0.3 is 38.0 Å². The van der Waals surface area contributed by atoms with Gasteiger partial charge in [0, 0.05) is 12.8 Å². The highest BCUT2D eigenvalue weighted by molar-refractivity contribution is 7.49. The first-order chi connectivity index (χ1) is 52.7. The van der Waals surface area contributed by atoms with Gasteiger partial charge in [-0.05, 0) is 82.2 Å². The van der Waals surface area contributed by atoms with Crippen LogP contribution in [-0.2, 0) is 77.5 Å². The maximum absolute atomic E-state index is 15.9. The van der Waals surface area contributed by atoms with E-state index in [-0.39, 0.29) is 50.4 Å². The summed E-state index contributed by atoms with van der Waals surface area (Å²) in [6.45, 7) is 8.84. The zero-order valence-corrected chi connectivity index (χ0v) is 71.2. The van der Waals surface area contributed by atoms with Crippen LogP contribution in [0.25, 0.3) is 0 Å². The number of rotatable bonds is 60. The molecular weight excluding hydrogens is 1560 g/mol. The number of alkyl halides is 6. The first-order valence-electron chi connectivity index (χ1n) is 40.2. The number of halogens is 6. The number of benzene rings is 3. The third kappa shape index (κ3) is 44.4. The van der Waals surface area contributed by atoms with E-state index in [1.165, 1.54) is 63.8 Å². The molecular formula is C82H125Cl6N2O19P. The summed E-state index contributed by atoms with van der Waals surface area (Å²) in [7, 11) is -5.20. The van der Waals surface area contributed by atoms with Crippen LogP contribution in [0.3, 0.4) is 0 Å². The molecule has 0 saturated carbocycles. The number of carbonyl (C=O) groups excluding carboxylic acids is 6. The van der Waals surface area contributed by atoms with Crippen molar-refractivity contribution in [2.45, 2.75) is 341 Å². The minimum atomic E-state index is -5.20. The molecule has 0 radical (unpaired) electrons. The summed E-state index contributed by atoms with van der Waals surface area (Å²) in [5.74, 6) is -2.52. The summed E-state index contributed by atoms with van der Waals surface area (Å²) < 4.78 is 85.8. The number of alkyl carbamates (subject to hydrolysis) is 1. The summed E-state index contributed by atoms with van der Waals surface area (Å²) in [4.78, 5) is 85.9. The van der Waals surface area contributed by atoms with Crippen LogP contribution in [0.2, 0.25) is 0 Å². The Kier molecular flexibility index (Phi) is 50.4. The Morgan fingerprint density at radius 3 is 1.41 bits per heavy atom. The predicted octanol–water partition coefficient (Wildman–Crippen LogP) is 22.7. The van der Waals surface area contributed by atoms with E-state index in [2.05, 4.69) is 38.3 Å². The number of phosphoric acid groups is 1. The molecule has 1 heterocycles. The second-order valence-electron chi connectivity index (χ2n) is 28.9. The molecule has 3 aromatic carbocycles. The highest BCUT2D eigenvalue weighted by atomic mass is 35.6. The van der Waals surface area contributed by atoms with Gasteiger partial charge in [0.2, 0.25) is 13.5 Å². The highest BCUT2D eigenvalue weighted by Crippen LogP contribution is 2.53. The van der Waals surface area contributed by atoms with Crippen LogP contribution in [-0.4, -0.2) is 125 Å². The molecule has 0 spiro atoms. The quantitative estimate of drug-likeness (QED) is 0.0175. The Balaban J connectivity index is 1.92. The first-order valence-corrected chi connectivity index (χ1v) is 43.9. The lowest BCUT2D eigenvalue weighted by Crippen LogP contribution is -2.67. The van der Waals surface area contributed by atoms with Crippen LogP contribution in [0, 0.1) is 0 Å². The van der Waals surface area contributed by atoms with Crippen molar-refractivity contribution >= 4 is 113 Å². The van der Waals surface area contributed by atoms with E-state index in [1.807, 2.05) is 30.3 Å². The van der Waals surface area contributed by atoms with Gasteiger partial charge in [0.05, 0.1) is 38.7 Å². The Morgan fingerprint density at radius 1 is 0.518 bits per heavy atom. The molecule has 0 unspecified atom stereocenters. The molecule has 28 heteroatoms. The second kappa shape index (κ2) is 56.7. The van der Waals surface area contributed by atoms with Crippen molar-refractivity contribution in [2.24, 2.45) is 0 Å². The maximum atomic E-state index is 15.9. The van der Waals surface area contributed by atoms with Gasteiger partial charge in [-0.15, -0.1) is 0 Å². The Labute approximate surface area is 685 Å². The molecule has 0 bridgehead atoms. The predicted molar refractivity (Wildman–Crippen MR) is 433 cm³/mol. The van der Waals surface area contributed by atoms with Crippen molar-refractivity contribution < 1.29 is 89.5 Å². The number of esters is 3. The number of ether oxygens (including phenoxy) is 9. The molecule has 0 aromatic heterocycles. The van der Waals surface area contributed by atoms with Crippen molar-refractivity contribution in [3.05, 3.63) is 96.6 Å². The molecule has 624 valence electrons. The average molecular weight is 1690 g/mol. The Bertz CT molecular complexity index is 2990. The molecule has 1 saturated heterocycles. The molecule has 21 nitrogen and oxygen atoms in total. The molecule has 2 N–H and O–H groups in total. The number of phosphoric ester groups is 1. The van der Waals surface area contributed by atoms with Crippen molar-refractivity contribution in [1.82, 2.24) is 10.6 Å². The zero-order chi connectivity index (χ0) is 80.3. The largest absolute Gasteiger partial charge is 0.588 e. The van der Waals surface area contributed by atoms with Crippen molar-refractivity contribution in [3.8, 4) is 11.5 Å². The Hall–Kier alpha value is -4.51. The third-order valence-electron chi connectivity index (χ3n) is 18.5. The summed E-state index contributed by atoms with van der Waals surface area (Å²) >= 11 is 37.3. The minimum Gasteiger partial charge on any atom is -0.462 e. The fourth-order valence-corrected chi connectivity index (χ4v) is 14.0. The molecule has 1 aliphatic rings. The number of amides is 2. The standard InChI is InChI=1S/C82H125Cl6N2O19P/c1-7-11-15-19-23-25-27-29-38-52-67(102-71(92)54-44-31-21-17-13-9-3)56-70(91)89-64(59-98-58-63-46-36-33-37-47-63)60-99-77-74(90-78(95)101-62-81(83,84)85)76(105-73(94)57-68(53-39-30-28-26-24-20-16-12-8-2)103-72(93)55-45-32-22-18-14-10-4)75(69(104-77)61-100-79(96)106-80(5,6)82(86,87)88)109-110(97,107-65-48-40-34-41-49-65)108-66-50-42-35-43-51-66/h33-37,40-43,46-51,64,67-69,74-77H,7-32,38-39,44-45,52-62H2,1-6H3,(H,89,91)(H,90,95)/t64-,67+,68+,69+,74+,75+,76+,77+/m0/s1. The summed E-state index contributed by atoms with van der Waals surface area (Å²) in [5.41, 5.74) is -1.04.